The molecule has 22 heavy (non-hydrogen) atoms. The number of rotatable bonds is 4. The molecule has 0 aliphatic rings. The van der Waals surface area contributed by atoms with E-state index in [4.69, 9.17) is 9.15 Å². The molecule has 0 saturated carbocycles. The van der Waals surface area contributed by atoms with Gasteiger partial charge < -0.3 is 9.15 Å². The van der Waals surface area contributed by atoms with Crippen molar-refractivity contribution >= 4 is 16.9 Å². The summed E-state index contributed by atoms with van der Waals surface area (Å²) in [6, 6.07) is 11.8. The van der Waals surface area contributed by atoms with Crippen molar-refractivity contribution in [2.75, 3.05) is 7.11 Å². The van der Waals surface area contributed by atoms with Crippen LogP contribution in [0.3, 0.4) is 0 Å². The number of hydrogen-bond acceptors (Lipinski definition) is 4. The third-order valence-corrected chi connectivity index (χ3v) is 3.69. The van der Waals surface area contributed by atoms with E-state index in [2.05, 4.69) is 11.1 Å². The third-order valence-electron chi connectivity index (χ3n) is 3.69. The number of carbonyl (C=O) groups is 1. The fourth-order valence-electron chi connectivity index (χ4n) is 2.48. The topological polar surface area (TPSA) is 52.3 Å². The molecule has 3 aromatic rings. The molecule has 0 N–H and O–H groups in total. The Balaban J connectivity index is 1.86. The van der Waals surface area contributed by atoms with Gasteiger partial charge >= 0.3 is 5.97 Å². The first-order valence-electron chi connectivity index (χ1n) is 7.14. The summed E-state index contributed by atoms with van der Waals surface area (Å²) in [5, 5.41) is 0.998. The number of fused-ring (bicyclic) bond motifs is 1. The van der Waals surface area contributed by atoms with Crippen LogP contribution in [0, 0.1) is 6.92 Å². The molecule has 2 aromatic heterocycles. The smallest absolute Gasteiger partial charge is 0.309 e. The van der Waals surface area contributed by atoms with Crippen LogP contribution >= 0.6 is 0 Å². The highest BCUT2D eigenvalue weighted by atomic mass is 16.5. The van der Waals surface area contributed by atoms with E-state index in [9.17, 15) is 4.79 Å². The molecule has 0 amide bonds. The zero-order valence-corrected chi connectivity index (χ0v) is 12.6. The average Bonchev–Trinajstić information content (AvgIpc) is 2.91. The second-order valence-electron chi connectivity index (χ2n) is 5.26. The van der Waals surface area contributed by atoms with Gasteiger partial charge in [-0.1, -0.05) is 12.1 Å². The molecule has 0 fully saturated rings. The highest BCUT2D eigenvalue weighted by Gasteiger charge is 2.09. The average molecular weight is 295 g/mol. The number of aromatic nitrogens is 1. The molecule has 2 heterocycles. The number of ether oxygens (including phenoxy) is 1. The zero-order valence-electron chi connectivity index (χ0n) is 12.6. The second-order valence-corrected chi connectivity index (χ2v) is 5.26. The van der Waals surface area contributed by atoms with E-state index in [1.165, 1.54) is 7.11 Å². The lowest BCUT2D eigenvalue weighted by Gasteiger charge is -2.01. The van der Waals surface area contributed by atoms with Gasteiger partial charge in [0.15, 0.2) is 0 Å². The first-order valence-corrected chi connectivity index (χ1v) is 7.14. The Bertz CT molecular complexity index is 820. The fourth-order valence-corrected chi connectivity index (χ4v) is 2.48. The minimum Gasteiger partial charge on any atom is -0.469 e. The maximum Gasteiger partial charge on any atom is 0.309 e. The van der Waals surface area contributed by atoms with Gasteiger partial charge in [0.1, 0.15) is 11.3 Å². The maximum atomic E-state index is 11.3. The Kier molecular flexibility index (Phi) is 3.92. The van der Waals surface area contributed by atoms with Crippen LogP contribution in [0.25, 0.3) is 11.0 Å². The Labute approximate surface area is 128 Å². The molecule has 0 atom stereocenters. The highest BCUT2D eigenvalue weighted by molar-refractivity contribution is 5.81. The van der Waals surface area contributed by atoms with E-state index in [-0.39, 0.29) is 12.4 Å². The molecule has 0 unspecified atom stereocenters. The summed E-state index contributed by atoms with van der Waals surface area (Å²) < 4.78 is 10.6. The molecule has 112 valence electrons. The van der Waals surface area contributed by atoms with Crippen LogP contribution in [0.4, 0.5) is 0 Å². The van der Waals surface area contributed by atoms with Crippen LogP contribution in [-0.4, -0.2) is 18.1 Å². The van der Waals surface area contributed by atoms with Gasteiger partial charge in [-0.15, -0.1) is 0 Å². The predicted molar refractivity (Wildman–Crippen MR) is 83.7 cm³/mol. The van der Waals surface area contributed by atoms with Crippen molar-refractivity contribution in [1.29, 1.82) is 0 Å². The Morgan fingerprint density at radius 3 is 2.91 bits per heavy atom. The SMILES string of the molecule is COC(=O)Cc1ccc2oc(Cc3cccnc3C)cc2c1. The van der Waals surface area contributed by atoms with Gasteiger partial charge in [0.05, 0.1) is 13.5 Å². The molecule has 0 bridgehead atoms. The largest absolute Gasteiger partial charge is 0.469 e. The van der Waals surface area contributed by atoms with Gasteiger partial charge in [0.25, 0.3) is 0 Å². The quantitative estimate of drug-likeness (QED) is 0.692. The molecular formula is C18H17NO3. The number of nitrogens with zero attached hydrogens (tertiary/aromatic N) is 1. The first-order chi connectivity index (χ1) is 10.7. The van der Waals surface area contributed by atoms with Crippen molar-refractivity contribution in [3.63, 3.8) is 0 Å². The van der Waals surface area contributed by atoms with E-state index in [1.54, 1.807) is 6.20 Å². The predicted octanol–water partition coefficient (Wildman–Crippen LogP) is 3.44. The molecule has 1 aromatic carbocycles. The normalized spacial score (nSPS) is 10.8. The van der Waals surface area contributed by atoms with Gasteiger partial charge in [0.2, 0.25) is 0 Å². The zero-order chi connectivity index (χ0) is 15.5. The van der Waals surface area contributed by atoms with Gasteiger partial charge in [-0.2, -0.15) is 0 Å². The van der Waals surface area contributed by atoms with Gasteiger partial charge in [-0.25, -0.2) is 0 Å². The monoisotopic (exact) mass is 295 g/mol. The number of aryl methyl sites for hydroxylation is 1. The van der Waals surface area contributed by atoms with Crippen LogP contribution in [0.2, 0.25) is 0 Å². The number of esters is 1. The van der Waals surface area contributed by atoms with Gasteiger partial charge in [-0.05, 0) is 42.3 Å². The van der Waals surface area contributed by atoms with Gasteiger partial charge in [0, 0.05) is 23.7 Å². The number of hydrogen-bond donors (Lipinski definition) is 0. The molecule has 0 aliphatic heterocycles. The molecule has 0 radical (unpaired) electrons. The van der Waals surface area contributed by atoms with E-state index in [0.29, 0.717) is 6.42 Å². The lowest BCUT2D eigenvalue weighted by molar-refractivity contribution is -0.139. The minimum atomic E-state index is -0.242. The minimum absolute atomic E-state index is 0.242. The number of carbonyl (C=O) groups excluding carboxylic acids is 1. The van der Waals surface area contributed by atoms with Crippen LogP contribution in [0.15, 0.2) is 47.0 Å². The second kappa shape index (κ2) is 6.02. The standard InChI is InChI=1S/C18H17NO3/c1-12-14(4-3-7-19-12)10-16-11-15-8-13(9-18(20)21-2)5-6-17(15)22-16/h3-8,11H,9-10H2,1-2H3. The number of furan rings is 1. The molecule has 3 rings (SSSR count). The first kappa shape index (κ1) is 14.3. The van der Waals surface area contributed by atoms with Crippen LogP contribution < -0.4 is 0 Å². The summed E-state index contributed by atoms with van der Waals surface area (Å²) in [7, 11) is 1.40. The van der Waals surface area contributed by atoms with Crippen molar-refractivity contribution in [2.45, 2.75) is 19.8 Å². The number of methoxy groups -OCH3 is 1. The van der Waals surface area contributed by atoms with Crippen molar-refractivity contribution in [2.24, 2.45) is 0 Å². The summed E-state index contributed by atoms with van der Waals surface area (Å²) in [6.07, 6.45) is 2.77. The van der Waals surface area contributed by atoms with Crippen molar-refractivity contribution < 1.29 is 13.9 Å². The molecule has 0 spiro atoms. The summed E-state index contributed by atoms with van der Waals surface area (Å²) >= 11 is 0. The lowest BCUT2D eigenvalue weighted by atomic mass is 10.1. The molecule has 4 heteroatoms. The highest BCUT2D eigenvalue weighted by Crippen LogP contribution is 2.23. The van der Waals surface area contributed by atoms with E-state index in [1.807, 2.05) is 37.3 Å². The van der Waals surface area contributed by atoms with E-state index < -0.39 is 0 Å². The summed E-state index contributed by atoms with van der Waals surface area (Å²) in [5.74, 6) is 0.648. The van der Waals surface area contributed by atoms with Crippen molar-refractivity contribution in [3.05, 3.63) is 65.2 Å². The lowest BCUT2D eigenvalue weighted by Crippen LogP contribution is -2.03. The van der Waals surface area contributed by atoms with Crippen LogP contribution in [-0.2, 0) is 22.4 Å². The molecular weight excluding hydrogens is 278 g/mol. The Morgan fingerprint density at radius 2 is 2.14 bits per heavy atom. The number of pyridine rings is 1. The third kappa shape index (κ3) is 3.01. The summed E-state index contributed by atoms with van der Waals surface area (Å²) in [5.41, 5.74) is 3.90. The fraction of sp³-hybridized carbons (Fsp3) is 0.222. The molecule has 4 nitrogen and oxygen atoms in total. The van der Waals surface area contributed by atoms with Crippen molar-refractivity contribution in [3.8, 4) is 0 Å². The van der Waals surface area contributed by atoms with Gasteiger partial charge in [-0.3, -0.25) is 9.78 Å². The van der Waals surface area contributed by atoms with E-state index in [0.717, 1.165) is 33.6 Å². The molecule has 0 saturated heterocycles. The molecule has 0 aliphatic carbocycles. The Hall–Kier alpha value is -2.62. The summed E-state index contributed by atoms with van der Waals surface area (Å²) in [4.78, 5) is 15.6. The Morgan fingerprint density at radius 1 is 1.27 bits per heavy atom. The van der Waals surface area contributed by atoms with E-state index >= 15 is 0 Å². The van der Waals surface area contributed by atoms with Crippen LogP contribution in [0.5, 0.6) is 0 Å². The van der Waals surface area contributed by atoms with Crippen LogP contribution in [0.1, 0.15) is 22.6 Å². The van der Waals surface area contributed by atoms with Crippen molar-refractivity contribution in [1.82, 2.24) is 4.98 Å². The number of benzene rings is 1. The maximum absolute atomic E-state index is 11.3. The summed E-state index contributed by atoms with van der Waals surface area (Å²) in [6.45, 7) is 1.99.